The zero-order chi connectivity index (χ0) is 12.1. The Bertz CT molecular complexity index is 320. The van der Waals surface area contributed by atoms with E-state index < -0.39 is 5.41 Å². The molecule has 84 valence electrons. The Labute approximate surface area is 91.9 Å². The first-order chi connectivity index (χ1) is 6.57. The molecule has 0 aromatic heterocycles. The lowest BCUT2D eigenvalue weighted by molar-refractivity contribution is -0.127. The molecule has 1 aliphatic carbocycles. The van der Waals surface area contributed by atoms with Gasteiger partial charge in [-0.3, -0.25) is 4.79 Å². The summed E-state index contributed by atoms with van der Waals surface area (Å²) in [5.41, 5.74) is -0.697. The molecule has 1 N–H and O–H groups in total. The van der Waals surface area contributed by atoms with Crippen LogP contribution in [0.15, 0.2) is 0 Å². The van der Waals surface area contributed by atoms with Crippen molar-refractivity contribution in [1.29, 1.82) is 5.26 Å². The molecule has 0 aromatic carbocycles. The molecule has 15 heavy (non-hydrogen) atoms. The van der Waals surface area contributed by atoms with Gasteiger partial charge in [-0.05, 0) is 24.7 Å². The fraction of sp³-hybridized carbons (Fsp3) is 0.833. The van der Waals surface area contributed by atoms with Crippen molar-refractivity contribution >= 4 is 5.91 Å². The third kappa shape index (κ3) is 1.62. The largest absolute Gasteiger partial charge is 0.351 e. The first-order valence-corrected chi connectivity index (χ1v) is 5.29. The van der Waals surface area contributed by atoms with Crippen LogP contribution in [0.2, 0.25) is 0 Å². The topological polar surface area (TPSA) is 52.9 Å². The molecule has 1 saturated carbocycles. The van der Waals surface area contributed by atoms with E-state index in [0.29, 0.717) is 0 Å². The van der Waals surface area contributed by atoms with E-state index in [9.17, 15) is 4.79 Å². The van der Waals surface area contributed by atoms with Gasteiger partial charge in [0.1, 0.15) is 5.41 Å². The molecule has 0 atom stereocenters. The van der Waals surface area contributed by atoms with Gasteiger partial charge in [0.05, 0.1) is 6.07 Å². The van der Waals surface area contributed by atoms with Crippen LogP contribution in [0.4, 0.5) is 0 Å². The van der Waals surface area contributed by atoms with Crippen molar-refractivity contribution in [2.24, 2.45) is 16.2 Å². The van der Waals surface area contributed by atoms with E-state index in [1.807, 2.05) is 6.07 Å². The second kappa shape index (κ2) is 2.98. The summed E-state index contributed by atoms with van der Waals surface area (Å²) < 4.78 is 0. The summed E-state index contributed by atoms with van der Waals surface area (Å²) in [6.45, 7) is 11.8. The highest BCUT2D eigenvalue weighted by molar-refractivity contribution is 5.85. The van der Waals surface area contributed by atoms with Gasteiger partial charge >= 0.3 is 0 Å². The Balaban J connectivity index is 2.69. The maximum absolute atomic E-state index is 11.8. The van der Waals surface area contributed by atoms with Crippen LogP contribution in [0.25, 0.3) is 0 Å². The Morgan fingerprint density at radius 2 is 1.67 bits per heavy atom. The van der Waals surface area contributed by atoms with Gasteiger partial charge in [-0.1, -0.05) is 27.7 Å². The van der Waals surface area contributed by atoms with Gasteiger partial charge in [-0.25, -0.2) is 0 Å². The monoisotopic (exact) mass is 208 g/mol. The standard InChI is InChI=1S/C12H20N2O/c1-10(2,7-13)9(15)14-8-11(3,4)12(8,5)6/h8H,1-6H3,(H,14,15). The molecule has 1 fully saturated rings. The van der Waals surface area contributed by atoms with Gasteiger partial charge in [0, 0.05) is 6.04 Å². The van der Waals surface area contributed by atoms with Crippen LogP contribution in [0.3, 0.4) is 0 Å². The molecule has 0 spiro atoms. The number of carbonyl (C=O) groups excluding carboxylic acids is 1. The third-order valence-electron chi connectivity index (χ3n) is 4.14. The number of nitrogens with zero attached hydrogens (tertiary/aromatic N) is 1. The first-order valence-electron chi connectivity index (χ1n) is 5.29. The second-order valence-corrected chi connectivity index (χ2v) is 6.09. The SMILES string of the molecule is CC(C)(C#N)C(=O)NC1C(C)(C)C1(C)C. The van der Waals surface area contributed by atoms with Gasteiger partial charge in [0.25, 0.3) is 0 Å². The van der Waals surface area contributed by atoms with Gasteiger partial charge in [0.2, 0.25) is 5.91 Å². The summed E-state index contributed by atoms with van der Waals surface area (Å²) in [7, 11) is 0. The quantitative estimate of drug-likeness (QED) is 0.755. The van der Waals surface area contributed by atoms with Crippen molar-refractivity contribution in [1.82, 2.24) is 5.32 Å². The highest BCUT2D eigenvalue weighted by Gasteiger charge is 2.65. The van der Waals surface area contributed by atoms with Crippen LogP contribution >= 0.6 is 0 Å². The van der Waals surface area contributed by atoms with Gasteiger partial charge in [0.15, 0.2) is 0 Å². The molecular formula is C12H20N2O. The molecular weight excluding hydrogens is 188 g/mol. The maximum atomic E-state index is 11.8. The van der Waals surface area contributed by atoms with Gasteiger partial charge in [-0.2, -0.15) is 5.26 Å². The molecule has 0 radical (unpaired) electrons. The van der Waals surface area contributed by atoms with E-state index in [-0.39, 0.29) is 22.8 Å². The highest BCUT2D eigenvalue weighted by atomic mass is 16.2. The van der Waals surface area contributed by atoms with Crippen LogP contribution in [-0.4, -0.2) is 11.9 Å². The Hall–Kier alpha value is -1.04. The van der Waals surface area contributed by atoms with Crippen LogP contribution in [0.5, 0.6) is 0 Å². The van der Waals surface area contributed by atoms with Crippen molar-refractivity contribution in [3.05, 3.63) is 0 Å². The smallest absolute Gasteiger partial charge is 0.240 e. The zero-order valence-corrected chi connectivity index (χ0v) is 10.4. The van der Waals surface area contributed by atoms with Crippen molar-refractivity contribution < 1.29 is 4.79 Å². The van der Waals surface area contributed by atoms with Crippen molar-refractivity contribution in [2.45, 2.75) is 47.6 Å². The van der Waals surface area contributed by atoms with Crippen LogP contribution in [0, 0.1) is 27.6 Å². The van der Waals surface area contributed by atoms with E-state index in [2.05, 4.69) is 33.0 Å². The fourth-order valence-electron chi connectivity index (χ4n) is 1.92. The van der Waals surface area contributed by atoms with E-state index in [1.54, 1.807) is 13.8 Å². The molecule has 1 aliphatic rings. The summed E-state index contributed by atoms with van der Waals surface area (Å²) in [4.78, 5) is 11.8. The second-order valence-electron chi connectivity index (χ2n) is 6.09. The molecule has 0 heterocycles. The number of carbonyl (C=O) groups is 1. The van der Waals surface area contributed by atoms with E-state index >= 15 is 0 Å². The number of rotatable bonds is 2. The van der Waals surface area contributed by atoms with Crippen LogP contribution in [-0.2, 0) is 4.79 Å². The summed E-state index contributed by atoms with van der Waals surface area (Å²) in [5.74, 6) is -0.173. The average Bonchev–Trinajstić information content (AvgIpc) is 2.48. The number of hydrogen-bond acceptors (Lipinski definition) is 2. The zero-order valence-electron chi connectivity index (χ0n) is 10.4. The van der Waals surface area contributed by atoms with E-state index in [4.69, 9.17) is 5.26 Å². The minimum atomic E-state index is -0.936. The summed E-state index contributed by atoms with van der Waals surface area (Å²) in [6.07, 6.45) is 0. The average molecular weight is 208 g/mol. The Kier molecular flexibility index (Phi) is 2.39. The molecule has 0 unspecified atom stereocenters. The molecule has 0 aromatic rings. The summed E-state index contributed by atoms with van der Waals surface area (Å²) in [6, 6.07) is 2.19. The molecule has 1 amide bonds. The molecule has 0 bridgehead atoms. The fourth-order valence-corrected chi connectivity index (χ4v) is 1.92. The molecule has 0 aliphatic heterocycles. The highest BCUT2D eigenvalue weighted by Crippen LogP contribution is 2.62. The van der Waals surface area contributed by atoms with Gasteiger partial charge < -0.3 is 5.32 Å². The van der Waals surface area contributed by atoms with Crippen LogP contribution < -0.4 is 5.32 Å². The first kappa shape index (κ1) is 12.0. The molecule has 0 saturated heterocycles. The third-order valence-corrected chi connectivity index (χ3v) is 4.14. The lowest BCUT2D eigenvalue weighted by Crippen LogP contribution is -2.39. The van der Waals surface area contributed by atoms with E-state index in [1.165, 1.54) is 0 Å². The number of amides is 1. The molecule has 3 heteroatoms. The van der Waals surface area contributed by atoms with Crippen molar-refractivity contribution in [2.75, 3.05) is 0 Å². The predicted octanol–water partition coefficient (Wildman–Crippen LogP) is 2.09. The normalized spacial score (nSPS) is 23.0. The Morgan fingerprint density at radius 3 is 1.93 bits per heavy atom. The molecule has 3 nitrogen and oxygen atoms in total. The number of nitriles is 1. The summed E-state index contributed by atoms with van der Waals surface area (Å²) in [5, 5.41) is 11.8. The van der Waals surface area contributed by atoms with E-state index in [0.717, 1.165) is 0 Å². The number of hydrogen-bond donors (Lipinski definition) is 1. The maximum Gasteiger partial charge on any atom is 0.240 e. The van der Waals surface area contributed by atoms with Crippen molar-refractivity contribution in [3.63, 3.8) is 0 Å². The lowest BCUT2D eigenvalue weighted by atomic mass is 9.94. The molecule has 1 rings (SSSR count). The minimum absolute atomic E-state index is 0.119. The van der Waals surface area contributed by atoms with Gasteiger partial charge in [-0.15, -0.1) is 0 Å². The Morgan fingerprint density at radius 1 is 1.27 bits per heavy atom. The lowest BCUT2D eigenvalue weighted by Gasteiger charge is -2.16. The summed E-state index contributed by atoms with van der Waals surface area (Å²) >= 11 is 0. The van der Waals surface area contributed by atoms with Crippen molar-refractivity contribution in [3.8, 4) is 6.07 Å². The predicted molar refractivity (Wildman–Crippen MR) is 58.9 cm³/mol. The minimum Gasteiger partial charge on any atom is -0.351 e. The number of nitrogens with one attached hydrogen (secondary N) is 1. The van der Waals surface area contributed by atoms with Crippen LogP contribution in [0.1, 0.15) is 41.5 Å².